The lowest BCUT2D eigenvalue weighted by Gasteiger charge is -2.37. The van der Waals surface area contributed by atoms with Gasteiger partial charge >= 0.3 is 0 Å². The average molecular weight is 247 g/mol. The van der Waals surface area contributed by atoms with Crippen molar-refractivity contribution in [3.8, 4) is 6.07 Å². The van der Waals surface area contributed by atoms with E-state index in [0.29, 0.717) is 6.04 Å². The number of hydrogen-bond acceptors (Lipinski definition) is 4. The number of anilines is 1. The first-order valence-electron chi connectivity index (χ1n) is 6.47. The molecule has 0 unspecified atom stereocenters. The number of nitrogens with zero attached hydrogens (tertiary/aromatic N) is 5. The van der Waals surface area contributed by atoms with Gasteiger partial charge in [-0.2, -0.15) is 10.4 Å². The molecule has 5 heteroatoms. The SMILES string of the molecule is Cc1nn(C)c(N2CCN(C(C)C)CC2)c1C#N. The van der Waals surface area contributed by atoms with Gasteiger partial charge in [0.25, 0.3) is 0 Å². The summed E-state index contributed by atoms with van der Waals surface area (Å²) >= 11 is 0. The minimum absolute atomic E-state index is 0.593. The molecule has 1 aromatic rings. The largest absolute Gasteiger partial charge is 0.353 e. The van der Waals surface area contributed by atoms with Crippen LogP contribution < -0.4 is 4.90 Å². The average Bonchev–Trinajstić information content (AvgIpc) is 2.63. The minimum atomic E-state index is 0.593. The van der Waals surface area contributed by atoms with Crippen molar-refractivity contribution in [1.82, 2.24) is 14.7 Å². The van der Waals surface area contributed by atoms with Gasteiger partial charge in [0.05, 0.1) is 5.69 Å². The molecule has 1 saturated heterocycles. The molecule has 98 valence electrons. The highest BCUT2D eigenvalue weighted by molar-refractivity contribution is 5.57. The zero-order chi connectivity index (χ0) is 13.3. The van der Waals surface area contributed by atoms with Crippen LogP contribution >= 0.6 is 0 Å². The molecule has 0 aliphatic carbocycles. The molecule has 18 heavy (non-hydrogen) atoms. The van der Waals surface area contributed by atoms with Gasteiger partial charge in [0.2, 0.25) is 0 Å². The lowest BCUT2D eigenvalue weighted by Crippen LogP contribution is -2.49. The monoisotopic (exact) mass is 247 g/mol. The fourth-order valence-electron chi connectivity index (χ4n) is 2.59. The lowest BCUT2D eigenvalue weighted by molar-refractivity contribution is 0.208. The van der Waals surface area contributed by atoms with Gasteiger partial charge in [-0.1, -0.05) is 0 Å². The smallest absolute Gasteiger partial charge is 0.145 e. The molecular weight excluding hydrogens is 226 g/mol. The Morgan fingerprint density at radius 3 is 2.33 bits per heavy atom. The highest BCUT2D eigenvalue weighted by Crippen LogP contribution is 2.23. The number of aromatic nitrogens is 2. The quantitative estimate of drug-likeness (QED) is 0.786. The molecule has 1 aliphatic heterocycles. The van der Waals surface area contributed by atoms with Gasteiger partial charge in [0.15, 0.2) is 0 Å². The minimum Gasteiger partial charge on any atom is -0.353 e. The Morgan fingerprint density at radius 2 is 1.83 bits per heavy atom. The summed E-state index contributed by atoms with van der Waals surface area (Å²) in [5.74, 6) is 0.971. The van der Waals surface area contributed by atoms with Crippen molar-refractivity contribution in [3.63, 3.8) is 0 Å². The maximum absolute atomic E-state index is 9.24. The van der Waals surface area contributed by atoms with Crippen LogP contribution in [-0.2, 0) is 7.05 Å². The molecule has 1 aliphatic rings. The molecule has 0 saturated carbocycles. The van der Waals surface area contributed by atoms with E-state index in [4.69, 9.17) is 0 Å². The van der Waals surface area contributed by atoms with E-state index < -0.39 is 0 Å². The van der Waals surface area contributed by atoms with Crippen LogP contribution in [0, 0.1) is 18.3 Å². The van der Waals surface area contributed by atoms with Crippen molar-refractivity contribution in [2.24, 2.45) is 7.05 Å². The van der Waals surface area contributed by atoms with Crippen molar-refractivity contribution in [1.29, 1.82) is 5.26 Å². The molecule has 5 nitrogen and oxygen atoms in total. The van der Waals surface area contributed by atoms with Gasteiger partial charge in [-0.05, 0) is 20.8 Å². The summed E-state index contributed by atoms with van der Waals surface area (Å²) in [4.78, 5) is 4.74. The second-order valence-corrected chi connectivity index (χ2v) is 5.14. The van der Waals surface area contributed by atoms with Crippen LogP contribution in [0.1, 0.15) is 25.1 Å². The fraction of sp³-hybridized carbons (Fsp3) is 0.692. The third kappa shape index (κ3) is 2.21. The van der Waals surface area contributed by atoms with Crippen LogP contribution in [0.25, 0.3) is 0 Å². The molecule has 0 radical (unpaired) electrons. The summed E-state index contributed by atoms with van der Waals surface area (Å²) in [6.45, 7) is 10.4. The lowest BCUT2D eigenvalue weighted by atomic mass is 10.2. The maximum Gasteiger partial charge on any atom is 0.145 e. The van der Waals surface area contributed by atoms with Gasteiger partial charge in [-0.3, -0.25) is 9.58 Å². The molecule has 1 aromatic heterocycles. The molecule has 1 fully saturated rings. The number of rotatable bonds is 2. The van der Waals surface area contributed by atoms with E-state index in [1.165, 1.54) is 0 Å². The summed E-state index contributed by atoms with van der Waals surface area (Å²) in [5, 5.41) is 13.6. The molecule has 0 bridgehead atoms. The molecule has 0 aromatic carbocycles. The molecule has 0 N–H and O–H groups in total. The first-order valence-corrected chi connectivity index (χ1v) is 6.47. The highest BCUT2D eigenvalue weighted by Gasteiger charge is 2.24. The summed E-state index contributed by atoms with van der Waals surface area (Å²) in [6, 6.07) is 2.87. The Balaban J connectivity index is 2.18. The van der Waals surface area contributed by atoms with Gasteiger partial charge < -0.3 is 4.90 Å². The van der Waals surface area contributed by atoms with E-state index in [1.807, 2.05) is 18.7 Å². The van der Waals surface area contributed by atoms with Crippen LogP contribution in [0.2, 0.25) is 0 Å². The number of piperazine rings is 1. The van der Waals surface area contributed by atoms with Gasteiger partial charge in [0.1, 0.15) is 17.5 Å². The van der Waals surface area contributed by atoms with Crippen molar-refractivity contribution in [2.75, 3.05) is 31.1 Å². The summed E-state index contributed by atoms with van der Waals surface area (Å²) in [5.41, 5.74) is 1.54. The first-order chi connectivity index (χ1) is 8.54. The summed E-state index contributed by atoms with van der Waals surface area (Å²) < 4.78 is 1.83. The van der Waals surface area contributed by atoms with E-state index in [9.17, 15) is 5.26 Å². The van der Waals surface area contributed by atoms with Crippen LogP contribution in [0.4, 0.5) is 5.82 Å². The van der Waals surface area contributed by atoms with E-state index in [-0.39, 0.29) is 0 Å². The third-order valence-electron chi connectivity index (χ3n) is 3.65. The summed E-state index contributed by atoms with van der Waals surface area (Å²) in [6.07, 6.45) is 0. The Labute approximate surface area is 109 Å². The molecule has 0 spiro atoms. The zero-order valence-corrected chi connectivity index (χ0v) is 11.6. The summed E-state index contributed by atoms with van der Waals surface area (Å²) in [7, 11) is 1.91. The second kappa shape index (κ2) is 4.99. The standard InChI is InChI=1S/C13H21N5/c1-10(2)17-5-7-18(8-6-17)13-12(9-14)11(3)15-16(13)4/h10H,5-8H2,1-4H3. The molecule has 0 atom stereocenters. The Kier molecular flexibility index (Phi) is 3.58. The molecule has 0 amide bonds. The van der Waals surface area contributed by atoms with Crippen molar-refractivity contribution in [2.45, 2.75) is 26.8 Å². The van der Waals surface area contributed by atoms with Crippen LogP contribution in [0.5, 0.6) is 0 Å². The molecule has 2 rings (SSSR count). The van der Waals surface area contributed by atoms with Gasteiger partial charge in [-0.25, -0.2) is 0 Å². The van der Waals surface area contributed by atoms with E-state index in [2.05, 4.69) is 34.8 Å². The zero-order valence-electron chi connectivity index (χ0n) is 11.6. The Bertz CT molecular complexity index is 460. The fourth-order valence-corrected chi connectivity index (χ4v) is 2.59. The van der Waals surface area contributed by atoms with Crippen LogP contribution in [-0.4, -0.2) is 46.9 Å². The van der Waals surface area contributed by atoms with E-state index in [1.54, 1.807) is 0 Å². The van der Waals surface area contributed by atoms with Crippen molar-refractivity contribution in [3.05, 3.63) is 11.3 Å². The normalized spacial score (nSPS) is 17.2. The Morgan fingerprint density at radius 1 is 1.22 bits per heavy atom. The number of hydrogen-bond donors (Lipinski definition) is 0. The van der Waals surface area contributed by atoms with Crippen LogP contribution in [0.15, 0.2) is 0 Å². The topological polar surface area (TPSA) is 48.1 Å². The molecular formula is C13H21N5. The second-order valence-electron chi connectivity index (χ2n) is 5.14. The highest BCUT2D eigenvalue weighted by atomic mass is 15.4. The molecule has 2 heterocycles. The maximum atomic E-state index is 9.24. The third-order valence-corrected chi connectivity index (χ3v) is 3.65. The number of nitriles is 1. The van der Waals surface area contributed by atoms with Gasteiger partial charge in [-0.15, -0.1) is 0 Å². The van der Waals surface area contributed by atoms with E-state index >= 15 is 0 Å². The predicted molar refractivity (Wildman–Crippen MR) is 71.6 cm³/mol. The van der Waals surface area contributed by atoms with Gasteiger partial charge in [0, 0.05) is 39.3 Å². The van der Waals surface area contributed by atoms with Crippen molar-refractivity contribution >= 4 is 5.82 Å². The first kappa shape index (κ1) is 12.9. The van der Waals surface area contributed by atoms with E-state index in [0.717, 1.165) is 43.3 Å². The Hall–Kier alpha value is -1.54. The number of aryl methyl sites for hydroxylation is 2. The van der Waals surface area contributed by atoms with Crippen LogP contribution in [0.3, 0.4) is 0 Å². The van der Waals surface area contributed by atoms with Crippen molar-refractivity contribution < 1.29 is 0 Å². The predicted octanol–water partition coefficient (Wildman–Crippen LogP) is 1.13.